The van der Waals surface area contributed by atoms with E-state index in [2.05, 4.69) is 10.5 Å². The number of hydrogen-bond donors (Lipinski definition) is 3. The predicted molar refractivity (Wildman–Crippen MR) is 68.4 cm³/mol. The topological polar surface area (TPSA) is 96.9 Å². The van der Waals surface area contributed by atoms with Crippen molar-refractivity contribution in [1.82, 2.24) is 5.32 Å². The molecule has 0 aromatic heterocycles. The normalized spacial score (nSPS) is 16.7. The Labute approximate surface area is 108 Å². The highest BCUT2D eigenvalue weighted by atomic mass is 16.5. The highest BCUT2D eigenvalue weighted by Gasteiger charge is 2.32. The molecular formula is C12H23N3O3. The first-order valence-electron chi connectivity index (χ1n) is 6.32. The summed E-state index contributed by atoms with van der Waals surface area (Å²) in [6, 6.07) is 0. The summed E-state index contributed by atoms with van der Waals surface area (Å²) in [5.74, 6) is 0.420. The monoisotopic (exact) mass is 257 g/mol. The predicted octanol–water partition coefficient (Wildman–Crippen LogP) is 0.692. The molecular weight excluding hydrogens is 234 g/mol. The number of oxime groups is 1. The number of hydrogen-bond acceptors (Lipinski definition) is 4. The molecule has 1 amide bonds. The summed E-state index contributed by atoms with van der Waals surface area (Å²) in [6.45, 7) is 5.25. The first-order valence-corrected chi connectivity index (χ1v) is 6.32. The standard InChI is InChI=1S/C12H23N3O3/c1-12(2,10(13)15-17)11(16)14-6-3-7-18-8-9-4-5-9/h9,17H,3-8H2,1-2H3,(H2,13,15)(H,14,16). The zero-order valence-electron chi connectivity index (χ0n) is 11.1. The molecule has 1 fully saturated rings. The molecule has 6 nitrogen and oxygen atoms in total. The number of nitrogens with one attached hydrogen (secondary N) is 1. The number of carbonyl (C=O) groups excluding carboxylic acids is 1. The molecule has 0 aromatic rings. The molecule has 1 rings (SSSR count). The Hall–Kier alpha value is -1.30. The van der Waals surface area contributed by atoms with Crippen molar-refractivity contribution in [1.29, 1.82) is 0 Å². The van der Waals surface area contributed by atoms with E-state index in [1.54, 1.807) is 13.8 Å². The van der Waals surface area contributed by atoms with E-state index in [9.17, 15) is 4.79 Å². The number of carbonyl (C=O) groups is 1. The van der Waals surface area contributed by atoms with E-state index >= 15 is 0 Å². The molecule has 1 aliphatic carbocycles. The second kappa shape index (κ2) is 6.58. The Morgan fingerprint density at radius 2 is 2.22 bits per heavy atom. The van der Waals surface area contributed by atoms with Gasteiger partial charge in [-0.25, -0.2) is 0 Å². The third-order valence-corrected chi connectivity index (χ3v) is 3.12. The van der Waals surface area contributed by atoms with Crippen molar-refractivity contribution in [3.8, 4) is 0 Å². The smallest absolute Gasteiger partial charge is 0.233 e. The van der Waals surface area contributed by atoms with Crippen LogP contribution in [0.4, 0.5) is 0 Å². The van der Waals surface area contributed by atoms with E-state index in [1.807, 2.05) is 0 Å². The van der Waals surface area contributed by atoms with Crippen LogP contribution in [0.3, 0.4) is 0 Å². The van der Waals surface area contributed by atoms with Crippen molar-refractivity contribution in [3.05, 3.63) is 0 Å². The molecule has 4 N–H and O–H groups in total. The lowest BCUT2D eigenvalue weighted by Gasteiger charge is -2.21. The average molecular weight is 257 g/mol. The fourth-order valence-electron chi connectivity index (χ4n) is 1.37. The zero-order valence-corrected chi connectivity index (χ0v) is 11.1. The van der Waals surface area contributed by atoms with Crippen LogP contribution in [-0.4, -0.2) is 36.7 Å². The highest BCUT2D eigenvalue weighted by Crippen LogP contribution is 2.28. The Kier molecular flexibility index (Phi) is 5.40. The van der Waals surface area contributed by atoms with E-state index in [0.29, 0.717) is 13.2 Å². The van der Waals surface area contributed by atoms with Gasteiger partial charge in [-0.05, 0) is 39.0 Å². The second-order valence-corrected chi connectivity index (χ2v) is 5.24. The van der Waals surface area contributed by atoms with E-state index in [4.69, 9.17) is 15.7 Å². The summed E-state index contributed by atoms with van der Waals surface area (Å²) in [6.07, 6.45) is 3.33. The van der Waals surface area contributed by atoms with Gasteiger partial charge in [0.1, 0.15) is 5.41 Å². The van der Waals surface area contributed by atoms with Gasteiger partial charge in [-0.1, -0.05) is 5.16 Å². The quantitative estimate of drug-likeness (QED) is 0.196. The maximum atomic E-state index is 11.8. The molecule has 1 saturated carbocycles. The molecule has 0 aromatic carbocycles. The lowest BCUT2D eigenvalue weighted by Crippen LogP contribution is -2.46. The molecule has 6 heteroatoms. The van der Waals surface area contributed by atoms with E-state index in [1.165, 1.54) is 12.8 Å². The molecule has 1 aliphatic rings. The van der Waals surface area contributed by atoms with Gasteiger partial charge >= 0.3 is 0 Å². The van der Waals surface area contributed by atoms with E-state index < -0.39 is 5.41 Å². The van der Waals surface area contributed by atoms with Crippen LogP contribution in [-0.2, 0) is 9.53 Å². The van der Waals surface area contributed by atoms with Gasteiger partial charge in [0.05, 0.1) is 0 Å². The number of nitrogens with two attached hydrogens (primary N) is 1. The number of nitrogens with zero attached hydrogens (tertiary/aromatic N) is 1. The van der Waals surface area contributed by atoms with Gasteiger partial charge in [0.25, 0.3) is 0 Å². The molecule has 0 unspecified atom stereocenters. The molecule has 0 bridgehead atoms. The van der Waals surface area contributed by atoms with Crippen LogP contribution in [0.5, 0.6) is 0 Å². The van der Waals surface area contributed by atoms with Crippen molar-refractivity contribution >= 4 is 11.7 Å². The Morgan fingerprint density at radius 3 is 2.78 bits per heavy atom. The van der Waals surface area contributed by atoms with Gasteiger partial charge in [0.15, 0.2) is 5.84 Å². The van der Waals surface area contributed by atoms with Gasteiger partial charge < -0.3 is 21.0 Å². The maximum absolute atomic E-state index is 11.8. The molecule has 18 heavy (non-hydrogen) atoms. The van der Waals surface area contributed by atoms with Crippen molar-refractivity contribution in [2.24, 2.45) is 22.2 Å². The van der Waals surface area contributed by atoms with Crippen LogP contribution in [0, 0.1) is 11.3 Å². The zero-order chi connectivity index (χ0) is 13.6. The Balaban J connectivity index is 2.11. The number of rotatable bonds is 8. The van der Waals surface area contributed by atoms with Gasteiger partial charge in [0.2, 0.25) is 5.91 Å². The molecule has 0 spiro atoms. The van der Waals surface area contributed by atoms with Crippen LogP contribution in [0.1, 0.15) is 33.1 Å². The highest BCUT2D eigenvalue weighted by molar-refractivity contribution is 6.05. The Morgan fingerprint density at radius 1 is 1.56 bits per heavy atom. The van der Waals surface area contributed by atoms with Crippen LogP contribution in [0.25, 0.3) is 0 Å². The molecule has 0 heterocycles. The van der Waals surface area contributed by atoms with Crippen LogP contribution >= 0.6 is 0 Å². The van der Waals surface area contributed by atoms with Crippen molar-refractivity contribution in [3.63, 3.8) is 0 Å². The van der Waals surface area contributed by atoms with Gasteiger partial charge in [-0.2, -0.15) is 0 Å². The summed E-state index contributed by atoms with van der Waals surface area (Å²) in [5, 5.41) is 14.2. The molecule has 0 atom stereocenters. The third-order valence-electron chi connectivity index (χ3n) is 3.12. The first kappa shape index (κ1) is 14.8. The lowest BCUT2D eigenvalue weighted by atomic mass is 9.91. The van der Waals surface area contributed by atoms with Crippen molar-refractivity contribution < 1.29 is 14.7 Å². The van der Waals surface area contributed by atoms with Crippen molar-refractivity contribution in [2.45, 2.75) is 33.1 Å². The first-order chi connectivity index (χ1) is 8.48. The largest absolute Gasteiger partial charge is 0.409 e. The van der Waals surface area contributed by atoms with Crippen LogP contribution < -0.4 is 11.1 Å². The minimum Gasteiger partial charge on any atom is -0.409 e. The van der Waals surface area contributed by atoms with Crippen LogP contribution in [0.15, 0.2) is 5.16 Å². The molecule has 0 aliphatic heterocycles. The van der Waals surface area contributed by atoms with Gasteiger partial charge in [-0.3, -0.25) is 4.79 Å². The van der Waals surface area contributed by atoms with E-state index in [-0.39, 0.29) is 11.7 Å². The summed E-state index contributed by atoms with van der Waals surface area (Å²) in [7, 11) is 0. The summed E-state index contributed by atoms with van der Waals surface area (Å²) in [5.41, 5.74) is 4.46. The summed E-state index contributed by atoms with van der Waals surface area (Å²) in [4.78, 5) is 11.8. The second-order valence-electron chi connectivity index (χ2n) is 5.24. The average Bonchev–Trinajstić information content (AvgIpc) is 3.15. The van der Waals surface area contributed by atoms with Gasteiger partial charge in [-0.15, -0.1) is 0 Å². The third kappa shape index (κ3) is 4.52. The van der Waals surface area contributed by atoms with E-state index in [0.717, 1.165) is 18.9 Å². The summed E-state index contributed by atoms with van der Waals surface area (Å²) >= 11 is 0. The SMILES string of the molecule is CC(C)(C(=O)NCCCOCC1CC1)C(N)=NO. The van der Waals surface area contributed by atoms with Gasteiger partial charge in [0, 0.05) is 19.8 Å². The Bertz CT molecular complexity index is 312. The number of amides is 1. The maximum Gasteiger partial charge on any atom is 0.233 e. The fourth-order valence-corrected chi connectivity index (χ4v) is 1.37. The minimum atomic E-state index is -0.996. The minimum absolute atomic E-state index is 0.0926. The molecule has 104 valence electrons. The number of ether oxygens (including phenoxy) is 1. The molecule has 0 radical (unpaired) electrons. The number of amidine groups is 1. The fraction of sp³-hybridized carbons (Fsp3) is 0.833. The lowest BCUT2D eigenvalue weighted by molar-refractivity contribution is -0.126. The van der Waals surface area contributed by atoms with Crippen molar-refractivity contribution in [2.75, 3.05) is 19.8 Å². The molecule has 0 saturated heterocycles. The van der Waals surface area contributed by atoms with Crippen LogP contribution in [0.2, 0.25) is 0 Å². The summed E-state index contributed by atoms with van der Waals surface area (Å²) < 4.78 is 5.45.